The molecule has 0 saturated carbocycles. The maximum atomic E-state index is 14.5. The standard InChI is InChI=1S/C17H18F3N5OS/c1-8(17(19,20)7-26-16(21)22)11-4-13-10(3-12(11)18)5-23-15(25-13)14-6-27-9(2)24-14/h3-4,6,8H,5,7H2,1-2H3,(H3,21,22)(H,23,25)/t8-/m1/s1. The Labute approximate surface area is 157 Å². The van der Waals surface area contributed by atoms with E-state index in [0.717, 1.165) is 5.01 Å². The Kier molecular flexibility index (Phi) is 5.09. The van der Waals surface area contributed by atoms with Gasteiger partial charge in [0.2, 0.25) is 0 Å². The van der Waals surface area contributed by atoms with Gasteiger partial charge in [-0.15, -0.1) is 11.3 Å². The number of aryl methyl sites for hydroxylation is 1. The van der Waals surface area contributed by atoms with E-state index in [0.29, 0.717) is 29.3 Å². The number of amidine groups is 2. The lowest BCUT2D eigenvalue weighted by Gasteiger charge is -2.25. The zero-order valence-corrected chi connectivity index (χ0v) is 15.5. The number of nitrogens with one attached hydrogen (secondary N) is 2. The summed E-state index contributed by atoms with van der Waals surface area (Å²) in [6.07, 6.45) is 0. The Hall–Kier alpha value is -2.62. The molecule has 1 atom stereocenters. The predicted octanol–water partition coefficient (Wildman–Crippen LogP) is 3.42. The molecule has 0 unspecified atom stereocenters. The fourth-order valence-corrected chi connectivity index (χ4v) is 3.28. The molecule has 0 amide bonds. The van der Waals surface area contributed by atoms with E-state index < -0.39 is 30.3 Å². The minimum absolute atomic E-state index is 0.176. The van der Waals surface area contributed by atoms with Gasteiger partial charge >= 0.3 is 0 Å². The molecule has 2 heterocycles. The van der Waals surface area contributed by atoms with Gasteiger partial charge in [-0.1, -0.05) is 6.92 Å². The average molecular weight is 397 g/mol. The van der Waals surface area contributed by atoms with E-state index in [4.69, 9.17) is 11.1 Å². The van der Waals surface area contributed by atoms with Crippen LogP contribution in [0.15, 0.2) is 22.5 Å². The minimum Gasteiger partial charge on any atom is -0.459 e. The molecule has 0 aliphatic carbocycles. The molecule has 0 fully saturated rings. The zero-order valence-electron chi connectivity index (χ0n) is 14.6. The molecule has 0 spiro atoms. The Bertz CT molecular complexity index is 912. The Morgan fingerprint density at radius 3 is 2.85 bits per heavy atom. The summed E-state index contributed by atoms with van der Waals surface area (Å²) in [6, 6.07) is 1.73. The van der Waals surface area contributed by atoms with Crippen LogP contribution >= 0.6 is 11.3 Å². The van der Waals surface area contributed by atoms with Crippen molar-refractivity contribution in [1.82, 2.24) is 10.3 Å². The number of benzene rings is 1. The van der Waals surface area contributed by atoms with Crippen LogP contribution in [0.3, 0.4) is 0 Å². The highest BCUT2D eigenvalue weighted by Gasteiger charge is 2.40. The van der Waals surface area contributed by atoms with Gasteiger partial charge in [0.05, 0.1) is 16.6 Å². The van der Waals surface area contributed by atoms with Crippen molar-refractivity contribution in [1.29, 1.82) is 5.41 Å². The summed E-state index contributed by atoms with van der Waals surface area (Å²) < 4.78 is 47.5. The van der Waals surface area contributed by atoms with Gasteiger partial charge in [-0.25, -0.2) is 23.1 Å². The maximum Gasteiger partial charge on any atom is 0.288 e. The van der Waals surface area contributed by atoms with Crippen molar-refractivity contribution in [3.05, 3.63) is 45.2 Å². The lowest BCUT2D eigenvalue weighted by Crippen LogP contribution is -2.33. The van der Waals surface area contributed by atoms with E-state index in [1.54, 1.807) is 0 Å². The number of hydrogen-bond acceptors (Lipinski definition) is 6. The highest BCUT2D eigenvalue weighted by atomic mass is 32.1. The second-order valence-corrected chi connectivity index (χ2v) is 7.27. The Morgan fingerprint density at radius 1 is 1.48 bits per heavy atom. The summed E-state index contributed by atoms with van der Waals surface area (Å²) in [5.41, 5.74) is 6.42. The van der Waals surface area contributed by atoms with Crippen molar-refractivity contribution < 1.29 is 17.9 Å². The third-order valence-electron chi connectivity index (χ3n) is 4.26. The third kappa shape index (κ3) is 4.05. The first-order valence-corrected chi connectivity index (χ1v) is 8.97. The van der Waals surface area contributed by atoms with Crippen LogP contribution in [0.4, 0.5) is 18.9 Å². The maximum absolute atomic E-state index is 14.5. The lowest BCUT2D eigenvalue weighted by atomic mass is 9.92. The number of alkyl halides is 2. The third-order valence-corrected chi connectivity index (χ3v) is 5.03. The van der Waals surface area contributed by atoms with Crippen LogP contribution in [0.5, 0.6) is 0 Å². The van der Waals surface area contributed by atoms with Crippen LogP contribution in [0.1, 0.15) is 34.7 Å². The van der Waals surface area contributed by atoms with Crippen molar-refractivity contribution in [2.75, 3.05) is 6.61 Å². The number of aliphatic imine (C=N–C) groups is 1. The van der Waals surface area contributed by atoms with E-state index in [9.17, 15) is 13.2 Å². The highest BCUT2D eigenvalue weighted by Crippen LogP contribution is 2.38. The molecule has 10 heteroatoms. The summed E-state index contributed by atoms with van der Waals surface area (Å²) in [5, 5.41) is 12.7. The molecule has 1 aromatic heterocycles. The van der Waals surface area contributed by atoms with E-state index in [-0.39, 0.29) is 5.56 Å². The molecule has 4 N–H and O–H groups in total. The van der Waals surface area contributed by atoms with Gasteiger partial charge in [-0.05, 0) is 30.2 Å². The quantitative estimate of drug-likeness (QED) is 0.532. The lowest BCUT2D eigenvalue weighted by molar-refractivity contribution is -0.0649. The second-order valence-electron chi connectivity index (χ2n) is 6.20. The fraction of sp³-hybridized carbons (Fsp3) is 0.353. The Morgan fingerprint density at radius 2 is 2.22 bits per heavy atom. The number of rotatable bonds is 5. The molecular weight excluding hydrogens is 379 g/mol. The summed E-state index contributed by atoms with van der Waals surface area (Å²) >= 11 is 1.47. The van der Waals surface area contributed by atoms with Gasteiger partial charge in [0.15, 0.2) is 12.4 Å². The van der Waals surface area contributed by atoms with E-state index >= 15 is 0 Å². The molecule has 27 heavy (non-hydrogen) atoms. The number of nitrogens with two attached hydrogens (primary N) is 1. The smallest absolute Gasteiger partial charge is 0.288 e. The van der Waals surface area contributed by atoms with Crippen LogP contribution < -0.4 is 11.1 Å². The number of nitrogens with zero attached hydrogens (tertiary/aromatic N) is 2. The van der Waals surface area contributed by atoms with Crippen LogP contribution in [0.25, 0.3) is 0 Å². The van der Waals surface area contributed by atoms with Crippen molar-refractivity contribution in [3.8, 4) is 0 Å². The first kappa shape index (κ1) is 19.2. The van der Waals surface area contributed by atoms with Gasteiger partial charge in [0.25, 0.3) is 11.9 Å². The summed E-state index contributed by atoms with van der Waals surface area (Å²) in [4.78, 5) is 8.77. The Balaban J connectivity index is 1.93. The summed E-state index contributed by atoms with van der Waals surface area (Å²) in [6.45, 7) is 2.28. The number of thiazole rings is 1. The molecule has 0 radical (unpaired) electrons. The second kappa shape index (κ2) is 7.18. The van der Waals surface area contributed by atoms with Gasteiger partial charge in [0.1, 0.15) is 11.5 Å². The van der Waals surface area contributed by atoms with Crippen molar-refractivity contribution >= 4 is 28.9 Å². The average Bonchev–Trinajstić information content (AvgIpc) is 3.05. The largest absolute Gasteiger partial charge is 0.459 e. The minimum atomic E-state index is -3.41. The molecule has 0 bridgehead atoms. The van der Waals surface area contributed by atoms with Crippen LogP contribution in [-0.2, 0) is 11.3 Å². The molecule has 1 aliphatic rings. The monoisotopic (exact) mass is 397 g/mol. The van der Waals surface area contributed by atoms with E-state index in [1.165, 1.54) is 30.4 Å². The van der Waals surface area contributed by atoms with Crippen LogP contribution in [0.2, 0.25) is 0 Å². The molecular formula is C17H18F3N5OS. The summed E-state index contributed by atoms with van der Waals surface area (Å²) in [5.74, 6) is -5.12. The van der Waals surface area contributed by atoms with Gasteiger partial charge < -0.3 is 15.8 Å². The number of halogens is 3. The molecule has 144 valence electrons. The van der Waals surface area contributed by atoms with Gasteiger partial charge in [-0.2, -0.15) is 0 Å². The first-order chi connectivity index (χ1) is 12.7. The first-order valence-electron chi connectivity index (χ1n) is 8.09. The summed E-state index contributed by atoms with van der Waals surface area (Å²) in [7, 11) is 0. The predicted molar refractivity (Wildman–Crippen MR) is 97.5 cm³/mol. The molecule has 2 aromatic rings. The number of ether oxygens (including phenoxy) is 1. The van der Waals surface area contributed by atoms with E-state index in [1.807, 2.05) is 12.3 Å². The molecule has 1 aliphatic heterocycles. The normalized spacial score (nSPS) is 14.8. The number of aromatic nitrogens is 1. The topological polar surface area (TPSA) is 96.4 Å². The van der Waals surface area contributed by atoms with E-state index in [2.05, 4.69) is 20.0 Å². The molecule has 1 aromatic carbocycles. The molecule has 3 rings (SSSR count). The molecule has 0 saturated heterocycles. The van der Waals surface area contributed by atoms with Crippen molar-refractivity contribution in [2.24, 2.45) is 10.7 Å². The van der Waals surface area contributed by atoms with Crippen LogP contribution in [-0.4, -0.2) is 29.4 Å². The fourth-order valence-electron chi connectivity index (χ4n) is 2.68. The highest BCUT2D eigenvalue weighted by molar-refractivity contribution is 7.09. The van der Waals surface area contributed by atoms with Crippen LogP contribution in [0, 0.1) is 18.2 Å². The number of hydrogen-bond donors (Lipinski definition) is 3. The van der Waals surface area contributed by atoms with Crippen molar-refractivity contribution in [2.45, 2.75) is 32.2 Å². The van der Waals surface area contributed by atoms with Crippen molar-refractivity contribution in [3.63, 3.8) is 0 Å². The number of fused-ring (bicyclic) bond motifs is 1. The SMILES string of the molecule is Cc1nc(C2=Nc3cc([C@@H](C)C(F)(F)COC(=N)N)c(F)cc3CN2)cs1. The van der Waals surface area contributed by atoms with Gasteiger partial charge in [-0.3, -0.25) is 5.41 Å². The zero-order chi connectivity index (χ0) is 19.8. The molecule has 6 nitrogen and oxygen atoms in total. The van der Waals surface area contributed by atoms with Gasteiger partial charge in [0, 0.05) is 11.9 Å².